The Bertz CT molecular complexity index is 419. The lowest BCUT2D eigenvalue weighted by Gasteiger charge is -2.26. The van der Waals surface area contributed by atoms with Gasteiger partial charge in [0.2, 0.25) is 0 Å². The molecule has 0 saturated heterocycles. The zero-order valence-corrected chi connectivity index (χ0v) is 12.0. The predicted octanol–water partition coefficient (Wildman–Crippen LogP) is 1.78. The first-order valence-electron chi connectivity index (χ1n) is 5.98. The fraction of sp³-hybridized carbons (Fsp3) is 0.667. The van der Waals surface area contributed by atoms with Crippen molar-refractivity contribution in [2.75, 3.05) is 13.7 Å². The molecule has 0 fully saturated rings. The van der Waals surface area contributed by atoms with E-state index in [0.29, 0.717) is 24.6 Å². The molecule has 1 atom stereocenters. The van der Waals surface area contributed by atoms with Crippen LogP contribution in [0.15, 0.2) is 6.20 Å². The Morgan fingerprint density at radius 1 is 1.67 bits per heavy atom. The Kier molecular flexibility index (Phi) is 5.16. The molecule has 0 aliphatic heterocycles. The molecule has 0 saturated carbocycles. The van der Waals surface area contributed by atoms with E-state index in [-0.39, 0.29) is 5.97 Å². The largest absolute Gasteiger partial charge is 0.465 e. The highest BCUT2D eigenvalue weighted by Gasteiger charge is 2.32. The van der Waals surface area contributed by atoms with Crippen molar-refractivity contribution in [3.8, 4) is 0 Å². The number of likely N-dealkylation sites (N-methyl/N-ethyl adjacent to an activating group) is 1. The van der Waals surface area contributed by atoms with Crippen LogP contribution in [0.1, 0.15) is 26.0 Å². The standard InChI is InChI=1S/C12H20ClN3O2/c1-5-18-11(17)12(3,14-4)6-7-16-9(2)10(13)8-15-16/h8,14H,5-7H2,1-4H3. The van der Waals surface area contributed by atoms with Crippen molar-refractivity contribution in [3.63, 3.8) is 0 Å². The van der Waals surface area contributed by atoms with Crippen molar-refractivity contribution < 1.29 is 9.53 Å². The molecule has 0 aliphatic carbocycles. The molecule has 18 heavy (non-hydrogen) atoms. The molecule has 0 amide bonds. The van der Waals surface area contributed by atoms with Crippen LogP contribution in [0, 0.1) is 6.92 Å². The lowest BCUT2D eigenvalue weighted by molar-refractivity contribution is -0.150. The molecule has 5 nitrogen and oxygen atoms in total. The number of halogens is 1. The molecule has 0 spiro atoms. The van der Waals surface area contributed by atoms with Gasteiger partial charge in [-0.3, -0.25) is 9.48 Å². The molecule has 1 unspecified atom stereocenters. The summed E-state index contributed by atoms with van der Waals surface area (Å²) in [6.45, 7) is 6.50. The lowest BCUT2D eigenvalue weighted by atomic mass is 9.98. The first kappa shape index (κ1) is 15.0. The molecular formula is C12H20ClN3O2. The third kappa shape index (κ3) is 3.23. The number of carbonyl (C=O) groups is 1. The van der Waals surface area contributed by atoms with Gasteiger partial charge in [0.05, 0.1) is 23.5 Å². The molecule has 0 bridgehead atoms. The van der Waals surface area contributed by atoms with Crippen molar-refractivity contribution >= 4 is 17.6 Å². The summed E-state index contributed by atoms with van der Waals surface area (Å²) < 4.78 is 6.85. The van der Waals surface area contributed by atoms with E-state index in [2.05, 4.69) is 10.4 Å². The maximum atomic E-state index is 11.9. The van der Waals surface area contributed by atoms with Crippen LogP contribution in [0.2, 0.25) is 5.02 Å². The van der Waals surface area contributed by atoms with Gasteiger partial charge >= 0.3 is 5.97 Å². The molecule has 0 aliphatic rings. The molecule has 1 N–H and O–H groups in total. The van der Waals surface area contributed by atoms with Gasteiger partial charge in [-0.25, -0.2) is 0 Å². The quantitative estimate of drug-likeness (QED) is 0.803. The highest BCUT2D eigenvalue weighted by atomic mass is 35.5. The van der Waals surface area contributed by atoms with Gasteiger partial charge in [-0.05, 0) is 34.2 Å². The number of ether oxygens (including phenoxy) is 1. The average Bonchev–Trinajstić information content (AvgIpc) is 2.67. The highest BCUT2D eigenvalue weighted by molar-refractivity contribution is 6.31. The summed E-state index contributed by atoms with van der Waals surface area (Å²) >= 11 is 5.93. The lowest BCUT2D eigenvalue weighted by Crippen LogP contribution is -2.49. The number of hydrogen-bond donors (Lipinski definition) is 1. The minimum atomic E-state index is -0.707. The number of hydrogen-bond acceptors (Lipinski definition) is 4. The molecule has 0 aromatic carbocycles. The van der Waals surface area contributed by atoms with E-state index in [1.807, 2.05) is 13.8 Å². The van der Waals surface area contributed by atoms with E-state index >= 15 is 0 Å². The summed E-state index contributed by atoms with van der Waals surface area (Å²) in [6.07, 6.45) is 2.19. The van der Waals surface area contributed by atoms with Crippen LogP contribution in [0.25, 0.3) is 0 Å². The molecule has 0 radical (unpaired) electrons. The van der Waals surface area contributed by atoms with Crippen molar-refractivity contribution in [2.45, 2.75) is 39.3 Å². The zero-order valence-electron chi connectivity index (χ0n) is 11.3. The molecular weight excluding hydrogens is 254 g/mol. The van der Waals surface area contributed by atoms with E-state index in [0.717, 1.165) is 5.69 Å². The molecule has 6 heteroatoms. The fourth-order valence-corrected chi connectivity index (χ4v) is 1.74. The van der Waals surface area contributed by atoms with E-state index in [1.165, 1.54) is 0 Å². The summed E-state index contributed by atoms with van der Waals surface area (Å²) in [6, 6.07) is 0. The Labute approximate surface area is 112 Å². The second-order valence-electron chi connectivity index (χ2n) is 4.35. The third-order valence-corrected chi connectivity index (χ3v) is 3.52. The molecule has 1 aromatic heterocycles. The number of esters is 1. The van der Waals surface area contributed by atoms with Gasteiger partial charge in [0.15, 0.2) is 0 Å². The van der Waals surface area contributed by atoms with E-state index in [9.17, 15) is 4.79 Å². The van der Waals surface area contributed by atoms with Crippen LogP contribution < -0.4 is 5.32 Å². The van der Waals surface area contributed by atoms with Crippen molar-refractivity contribution in [1.29, 1.82) is 0 Å². The minimum absolute atomic E-state index is 0.247. The fourth-order valence-electron chi connectivity index (χ4n) is 1.60. The number of rotatable bonds is 6. The number of aromatic nitrogens is 2. The molecule has 1 heterocycles. The van der Waals surface area contributed by atoms with Gasteiger partial charge < -0.3 is 10.1 Å². The van der Waals surface area contributed by atoms with Gasteiger partial charge in [0, 0.05) is 6.54 Å². The normalized spacial score (nSPS) is 14.3. The summed E-state index contributed by atoms with van der Waals surface area (Å²) in [5, 5.41) is 7.81. The second-order valence-corrected chi connectivity index (χ2v) is 4.76. The van der Waals surface area contributed by atoms with Crippen LogP contribution >= 0.6 is 11.6 Å². The van der Waals surface area contributed by atoms with Crippen LogP contribution in [0.3, 0.4) is 0 Å². The second kappa shape index (κ2) is 6.20. The summed E-state index contributed by atoms with van der Waals surface area (Å²) in [5.41, 5.74) is 0.194. The van der Waals surface area contributed by atoms with Crippen LogP contribution in [0.5, 0.6) is 0 Å². The smallest absolute Gasteiger partial charge is 0.326 e. The third-order valence-electron chi connectivity index (χ3n) is 3.14. The van der Waals surface area contributed by atoms with Gasteiger partial charge in [-0.1, -0.05) is 11.6 Å². The van der Waals surface area contributed by atoms with E-state index in [4.69, 9.17) is 16.3 Å². The van der Waals surface area contributed by atoms with Gasteiger partial charge in [-0.15, -0.1) is 0 Å². The Morgan fingerprint density at radius 3 is 2.78 bits per heavy atom. The van der Waals surface area contributed by atoms with E-state index in [1.54, 1.807) is 24.9 Å². The van der Waals surface area contributed by atoms with Gasteiger partial charge in [0.25, 0.3) is 0 Å². The van der Waals surface area contributed by atoms with Crippen LogP contribution in [0.4, 0.5) is 0 Å². The summed E-state index contributed by atoms with van der Waals surface area (Å²) in [7, 11) is 1.75. The van der Waals surface area contributed by atoms with Crippen molar-refractivity contribution in [1.82, 2.24) is 15.1 Å². The maximum Gasteiger partial charge on any atom is 0.326 e. The van der Waals surface area contributed by atoms with Gasteiger partial charge in [-0.2, -0.15) is 5.10 Å². The van der Waals surface area contributed by atoms with Crippen molar-refractivity contribution in [2.24, 2.45) is 0 Å². The minimum Gasteiger partial charge on any atom is -0.465 e. The molecule has 102 valence electrons. The molecule has 1 aromatic rings. The van der Waals surface area contributed by atoms with Gasteiger partial charge in [0.1, 0.15) is 5.54 Å². The maximum absolute atomic E-state index is 11.9. The predicted molar refractivity (Wildman–Crippen MR) is 70.7 cm³/mol. The van der Waals surface area contributed by atoms with Crippen molar-refractivity contribution in [3.05, 3.63) is 16.9 Å². The Balaban J connectivity index is 2.69. The molecule has 1 rings (SSSR count). The van der Waals surface area contributed by atoms with Crippen LogP contribution in [-0.4, -0.2) is 34.9 Å². The number of aryl methyl sites for hydroxylation is 1. The monoisotopic (exact) mass is 273 g/mol. The first-order chi connectivity index (χ1) is 8.44. The zero-order chi connectivity index (χ0) is 13.8. The number of carbonyl (C=O) groups excluding carboxylic acids is 1. The highest BCUT2D eigenvalue weighted by Crippen LogP contribution is 2.17. The SMILES string of the molecule is CCOC(=O)C(C)(CCn1ncc(Cl)c1C)NC. The topological polar surface area (TPSA) is 56.2 Å². The Morgan fingerprint density at radius 2 is 2.33 bits per heavy atom. The number of nitrogens with one attached hydrogen (secondary N) is 1. The van der Waals surface area contributed by atoms with Crippen LogP contribution in [-0.2, 0) is 16.1 Å². The summed E-state index contributed by atoms with van der Waals surface area (Å²) in [5.74, 6) is -0.247. The summed E-state index contributed by atoms with van der Waals surface area (Å²) in [4.78, 5) is 11.9. The number of nitrogens with zero attached hydrogens (tertiary/aromatic N) is 2. The van der Waals surface area contributed by atoms with E-state index < -0.39 is 5.54 Å². The first-order valence-corrected chi connectivity index (χ1v) is 6.36. The Hall–Kier alpha value is -1.07. The average molecular weight is 274 g/mol.